The largest absolute Gasteiger partial charge is 0.376 e. The third-order valence-corrected chi connectivity index (χ3v) is 4.58. The second-order valence-corrected chi connectivity index (χ2v) is 6.59. The van der Waals surface area contributed by atoms with Crippen LogP contribution in [0.1, 0.15) is 25.3 Å². The second kappa shape index (κ2) is 9.01. The normalized spacial score (nSPS) is 24.4. The Balaban J connectivity index is 1.45. The van der Waals surface area contributed by atoms with Gasteiger partial charge in [0, 0.05) is 46.0 Å². The highest BCUT2D eigenvalue weighted by molar-refractivity contribution is 5.79. The SMILES string of the molecule is CN=C(NCc1ccc(N2CCOC(C)C2)nc1)NCC1CCCO1. The number of ether oxygens (including phenoxy) is 2. The molecule has 3 heterocycles. The summed E-state index contributed by atoms with van der Waals surface area (Å²) in [6, 6.07) is 4.19. The minimum absolute atomic E-state index is 0.259. The molecule has 138 valence electrons. The van der Waals surface area contributed by atoms with E-state index in [9.17, 15) is 0 Å². The Kier molecular flexibility index (Phi) is 6.47. The van der Waals surface area contributed by atoms with Crippen LogP contribution in [0.5, 0.6) is 0 Å². The average Bonchev–Trinajstić information content (AvgIpc) is 3.16. The van der Waals surface area contributed by atoms with Crippen molar-refractivity contribution in [2.24, 2.45) is 4.99 Å². The summed E-state index contributed by atoms with van der Waals surface area (Å²) in [6.07, 6.45) is 4.76. The highest BCUT2D eigenvalue weighted by Gasteiger charge is 2.18. The first kappa shape index (κ1) is 17.9. The van der Waals surface area contributed by atoms with E-state index in [1.54, 1.807) is 7.05 Å². The van der Waals surface area contributed by atoms with Crippen molar-refractivity contribution in [1.29, 1.82) is 0 Å². The molecule has 2 unspecified atom stereocenters. The van der Waals surface area contributed by atoms with Crippen LogP contribution in [0.4, 0.5) is 5.82 Å². The number of aromatic nitrogens is 1. The van der Waals surface area contributed by atoms with E-state index in [-0.39, 0.29) is 6.10 Å². The summed E-state index contributed by atoms with van der Waals surface area (Å²) in [7, 11) is 1.78. The zero-order valence-electron chi connectivity index (χ0n) is 15.2. The van der Waals surface area contributed by atoms with Gasteiger partial charge in [-0.05, 0) is 31.4 Å². The first-order valence-corrected chi connectivity index (χ1v) is 9.12. The standard InChI is InChI=1S/C18H29N5O2/c1-14-13-23(7-9-24-14)17-6-5-15(10-20-17)11-21-18(19-2)22-12-16-4-3-8-25-16/h5-6,10,14,16H,3-4,7-9,11-13H2,1-2H3,(H2,19,21,22). The van der Waals surface area contributed by atoms with E-state index in [4.69, 9.17) is 9.47 Å². The van der Waals surface area contributed by atoms with Gasteiger partial charge in [-0.2, -0.15) is 0 Å². The smallest absolute Gasteiger partial charge is 0.191 e. The highest BCUT2D eigenvalue weighted by Crippen LogP contribution is 2.15. The van der Waals surface area contributed by atoms with Gasteiger partial charge in [-0.25, -0.2) is 4.98 Å². The van der Waals surface area contributed by atoms with Crippen LogP contribution < -0.4 is 15.5 Å². The molecule has 7 nitrogen and oxygen atoms in total. The Morgan fingerprint density at radius 1 is 1.32 bits per heavy atom. The molecular weight excluding hydrogens is 318 g/mol. The van der Waals surface area contributed by atoms with Crippen molar-refractivity contribution in [1.82, 2.24) is 15.6 Å². The van der Waals surface area contributed by atoms with Crippen LogP contribution in [0.25, 0.3) is 0 Å². The molecule has 3 rings (SSSR count). The predicted octanol–water partition coefficient (Wildman–Crippen LogP) is 1.15. The molecule has 0 bridgehead atoms. The van der Waals surface area contributed by atoms with Crippen molar-refractivity contribution in [2.75, 3.05) is 44.8 Å². The number of hydrogen-bond acceptors (Lipinski definition) is 5. The van der Waals surface area contributed by atoms with Gasteiger partial charge in [-0.1, -0.05) is 6.07 Å². The first-order valence-electron chi connectivity index (χ1n) is 9.12. The molecule has 0 amide bonds. The number of hydrogen-bond donors (Lipinski definition) is 2. The van der Waals surface area contributed by atoms with Crippen LogP contribution >= 0.6 is 0 Å². The van der Waals surface area contributed by atoms with Crippen LogP contribution in [0.3, 0.4) is 0 Å². The monoisotopic (exact) mass is 347 g/mol. The Morgan fingerprint density at radius 2 is 2.24 bits per heavy atom. The fourth-order valence-electron chi connectivity index (χ4n) is 3.16. The molecule has 7 heteroatoms. The van der Waals surface area contributed by atoms with Crippen LogP contribution in [0, 0.1) is 0 Å². The van der Waals surface area contributed by atoms with Gasteiger partial charge >= 0.3 is 0 Å². The summed E-state index contributed by atoms with van der Waals surface area (Å²) in [5, 5.41) is 6.65. The van der Waals surface area contributed by atoms with Gasteiger partial charge in [0.15, 0.2) is 5.96 Å². The maximum Gasteiger partial charge on any atom is 0.191 e. The molecule has 0 aromatic carbocycles. The van der Waals surface area contributed by atoms with Gasteiger partial charge in [0.25, 0.3) is 0 Å². The van der Waals surface area contributed by atoms with E-state index in [1.165, 1.54) is 0 Å². The Morgan fingerprint density at radius 3 is 2.92 bits per heavy atom. The average molecular weight is 347 g/mol. The van der Waals surface area contributed by atoms with Crippen molar-refractivity contribution >= 4 is 11.8 Å². The van der Waals surface area contributed by atoms with E-state index in [2.05, 4.69) is 44.6 Å². The van der Waals surface area contributed by atoms with Crippen molar-refractivity contribution in [3.63, 3.8) is 0 Å². The molecular formula is C18H29N5O2. The van der Waals surface area contributed by atoms with Gasteiger partial charge in [0.2, 0.25) is 0 Å². The molecule has 1 aromatic rings. The molecule has 0 aliphatic carbocycles. The van der Waals surface area contributed by atoms with Gasteiger partial charge in [0.05, 0.1) is 18.8 Å². The molecule has 25 heavy (non-hydrogen) atoms. The van der Waals surface area contributed by atoms with Gasteiger partial charge in [0.1, 0.15) is 5.82 Å². The van der Waals surface area contributed by atoms with E-state index in [0.29, 0.717) is 12.6 Å². The third-order valence-electron chi connectivity index (χ3n) is 4.58. The maximum absolute atomic E-state index is 5.62. The van der Waals surface area contributed by atoms with Crippen molar-refractivity contribution in [2.45, 2.75) is 38.5 Å². The molecule has 2 aliphatic rings. The zero-order chi connectivity index (χ0) is 17.5. The number of pyridine rings is 1. The van der Waals surface area contributed by atoms with Gasteiger partial charge < -0.3 is 25.0 Å². The number of anilines is 1. The topological polar surface area (TPSA) is 71.0 Å². The lowest BCUT2D eigenvalue weighted by Gasteiger charge is -2.32. The molecule has 2 N–H and O–H groups in total. The van der Waals surface area contributed by atoms with Crippen LogP contribution in [-0.2, 0) is 16.0 Å². The summed E-state index contributed by atoms with van der Waals surface area (Å²) in [4.78, 5) is 11.1. The number of nitrogens with zero attached hydrogens (tertiary/aromatic N) is 3. The molecule has 0 spiro atoms. The number of guanidine groups is 1. The number of nitrogens with one attached hydrogen (secondary N) is 2. The predicted molar refractivity (Wildman–Crippen MR) is 99.0 cm³/mol. The fraction of sp³-hybridized carbons (Fsp3) is 0.667. The van der Waals surface area contributed by atoms with E-state index >= 15 is 0 Å². The molecule has 2 saturated heterocycles. The van der Waals surface area contributed by atoms with Crippen LogP contribution in [0.2, 0.25) is 0 Å². The number of morpholine rings is 1. The van der Waals surface area contributed by atoms with Crippen molar-refractivity contribution < 1.29 is 9.47 Å². The summed E-state index contributed by atoms with van der Waals surface area (Å²) in [5.74, 6) is 1.81. The maximum atomic E-state index is 5.62. The number of rotatable bonds is 5. The van der Waals surface area contributed by atoms with E-state index < -0.39 is 0 Å². The van der Waals surface area contributed by atoms with E-state index in [0.717, 1.165) is 63.0 Å². The summed E-state index contributed by atoms with van der Waals surface area (Å²) < 4.78 is 11.2. The van der Waals surface area contributed by atoms with Crippen LogP contribution in [0.15, 0.2) is 23.3 Å². The summed E-state index contributed by atoms with van der Waals surface area (Å²) in [5.41, 5.74) is 1.13. The lowest BCUT2D eigenvalue weighted by molar-refractivity contribution is 0.0529. The van der Waals surface area contributed by atoms with Gasteiger partial charge in [-0.3, -0.25) is 4.99 Å². The lowest BCUT2D eigenvalue weighted by atomic mass is 10.2. The van der Waals surface area contributed by atoms with Crippen molar-refractivity contribution in [3.8, 4) is 0 Å². The first-order chi connectivity index (χ1) is 12.2. The Labute approximate surface area is 149 Å². The van der Waals surface area contributed by atoms with Gasteiger partial charge in [-0.15, -0.1) is 0 Å². The Hall–Kier alpha value is -1.86. The Bertz CT molecular complexity index is 557. The van der Waals surface area contributed by atoms with E-state index in [1.807, 2.05) is 6.20 Å². The molecule has 2 aliphatic heterocycles. The molecule has 0 radical (unpaired) electrons. The third kappa shape index (κ3) is 5.31. The summed E-state index contributed by atoms with van der Waals surface area (Å²) >= 11 is 0. The molecule has 2 fully saturated rings. The fourth-order valence-corrected chi connectivity index (χ4v) is 3.16. The number of aliphatic imine (C=N–C) groups is 1. The van der Waals surface area contributed by atoms with Crippen molar-refractivity contribution in [3.05, 3.63) is 23.9 Å². The molecule has 1 aromatic heterocycles. The molecule has 2 atom stereocenters. The minimum Gasteiger partial charge on any atom is -0.376 e. The lowest BCUT2D eigenvalue weighted by Crippen LogP contribution is -2.41. The highest BCUT2D eigenvalue weighted by atomic mass is 16.5. The quantitative estimate of drug-likeness (QED) is 0.615. The summed E-state index contributed by atoms with van der Waals surface area (Å²) in [6.45, 7) is 7.01. The van der Waals surface area contributed by atoms with Crippen LogP contribution in [-0.4, -0.2) is 63.0 Å². The molecule has 0 saturated carbocycles. The zero-order valence-corrected chi connectivity index (χ0v) is 15.2. The minimum atomic E-state index is 0.259. The second-order valence-electron chi connectivity index (χ2n) is 6.59.